The maximum absolute atomic E-state index is 13.1. The predicted molar refractivity (Wildman–Crippen MR) is 181 cm³/mol. The number of halogens is 2. The van der Waals surface area contributed by atoms with Gasteiger partial charge in [-0.1, -0.05) is 57.0 Å². The van der Waals surface area contributed by atoms with Crippen molar-refractivity contribution in [2.75, 3.05) is 44.2 Å². The van der Waals surface area contributed by atoms with Crippen molar-refractivity contribution in [1.29, 1.82) is 0 Å². The summed E-state index contributed by atoms with van der Waals surface area (Å²) in [6.45, 7) is 17.7. The smallest absolute Gasteiger partial charge is 0.313 e. The largest absolute Gasteiger partial charge is 0.494 e. The molecule has 240 valence electrons. The van der Waals surface area contributed by atoms with Crippen LogP contribution in [0.25, 0.3) is 10.9 Å². The third-order valence-corrected chi connectivity index (χ3v) is 9.56. The summed E-state index contributed by atoms with van der Waals surface area (Å²) in [5.74, 6) is 0.506. The summed E-state index contributed by atoms with van der Waals surface area (Å²) in [5.41, 5.74) is 0.887. The topological polar surface area (TPSA) is 64.0 Å². The van der Waals surface area contributed by atoms with Crippen LogP contribution in [0.4, 0.5) is 5.69 Å². The van der Waals surface area contributed by atoms with E-state index in [0.717, 1.165) is 63.1 Å². The van der Waals surface area contributed by atoms with Gasteiger partial charge in [-0.15, -0.1) is 0 Å². The van der Waals surface area contributed by atoms with Crippen LogP contribution >= 0.6 is 23.2 Å². The zero-order valence-corrected chi connectivity index (χ0v) is 28.5. The molecule has 1 fully saturated rings. The molecule has 1 aliphatic rings. The number of aromatic nitrogens is 1. The van der Waals surface area contributed by atoms with Crippen molar-refractivity contribution in [2.24, 2.45) is 16.7 Å². The minimum atomic E-state index is -0.673. The number of ether oxygens (including phenoxy) is 2. The first-order chi connectivity index (χ1) is 20.8. The fourth-order valence-electron chi connectivity index (χ4n) is 5.75. The molecular formula is C35H47Cl2N3O4. The van der Waals surface area contributed by atoms with Gasteiger partial charge in [-0.05, 0) is 86.7 Å². The zero-order valence-electron chi connectivity index (χ0n) is 27.0. The van der Waals surface area contributed by atoms with E-state index in [4.69, 9.17) is 32.7 Å². The molecule has 7 nitrogen and oxygen atoms in total. The van der Waals surface area contributed by atoms with E-state index in [1.54, 1.807) is 6.07 Å². The number of piperazine rings is 1. The van der Waals surface area contributed by atoms with E-state index in [0.29, 0.717) is 27.9 Å². The lowest BCUT2D eigenvalue weighted by atomic mass is 9.72. The average molecular weight is 645 g/mol. The monoisotopic (exact) mass is 643 g/mol. The molecule has 1 atom stereocenters. The molecule has 44 heavy (non-hydrogen) atoms. The Morgan fingerprint density at radius 2 is 1.66 bits per heavy atom. The van der Waals surface area contributed by atoms with Crippen LogP contribution in [0.2, 0.25) is 10.0 Å². The van der Waals surface area contributed by atoms with Crippen LogP contribution in [0.5, 0.6) is 5.75 Å². The lowest BCUT2D eigenvalue weighted by Gasteiger charge is -2.36. The van der Waals surface area contributed by atoms with Crippen molar-refractivity contribution in [2.45, 2.75) is 67.5 Å². The SMILES string of the molecule is CC(CC(C)(C)C)C(C)(C)C(=O)OCn1c(=O)ccc2ccc(OCCCCN3CCN(c4cccc(Cl)c4Cl)CC3)cc21. The summed E-state index contributed by atoms with van der Waals surface area (Å²) in [7, 11) is 0. The highest BCUT2D eigenvalue weighted by Crippen LogP contribution is 2.37. The van der Waals surface area contributed by atoms with Crippen LogP contribution < -0.4 is 15.2 Å². The van der Waals surface area contributed by atoms with Crippen LogP contribution in [-0.2, 0) is 16.3 Å². The lowest BCUT2D eigenvalue weighted by molar-refractivity contribution is -0.161. The number of rotatable bonds is 12. The van der Waals surface area contributed by atoms with Gasteiger partial charge in [-0.25, -0.2) is 0 Å². The number of esters is 1. The molecule has 0 aliphatic carbocycles. The minimum Gasteiger partial charge on any atom is -0.494 e. The first kappa shape index (κ1) is 34.1. The van der Waals surface area contributed by atoms with Crippen LogP contribution in [0.3, 0.4) is 0 Å². The van der Waals surface area contributed by atoms with Gasteiger partial charge in [0.1, 0.15) is 5.75 Å². The van der Waals surface area contributed by atoms with Gasteiger partial charge >= 0.3 is 5.97 Å². The van der Waals surface area contributed by atoms with E-state index in [9.17, 15) is 9.59 Å². The molecule has 9 heteroatoms. The Hall–Kier alpha value is -2.74. The van der Waals surface area contributed by atoms with Crippen LogP contribution in [0.15, 0.2) is 53.3 Å². The molecule has 0 N–H and O–H groups in total. The molecule has 0 amide bonds. The van der Waals surface area contributed by atoms with E-state index < -0.39 is 5.41 Å². The number of benzene rings is 2. The van der Waals surface area contributed by atoms with E-state index in [-0.39, 0.29) is 29.6 Å². The third-order valence-electron chi connectivity index (χ3n) is 8.75. The third kappa shape index (κ3) is 8.70. The number of pyridine rings is 1. The summed E-state index contributed by atoms with van der Waals surface area (Å²) >= 11 is 12.6. The molecule has 1 aliphatic heterocycles. The van der Waals surface area contributed by atoms with Gasteiger partial charge in [-0.2, -0.15) is 0 Å². The summed E-state index contributed by atoms with van der Waals surface area (Å²) in [4.78, 5) is 30.7. The molecule has 3 aromatic rings. The highest BCUT2D eigenvalue weighted by molar-refractivity contribution is 6.43. The Bertz CT molecular complexity index is 1490. The van der Waals surface area contributed by atoms with E-state index in [1.807, 2.05) is 50.2 Å². The second kappa shape index (κ2) is 14.6. The highest BCUT2D eigenvalue weighted by Gasteiger charge is 2.37. The molecule has 2 aromatic carbocycles. The summed E-state index contributed by atoms with van der Waals surface area (Å²) in [6, 6.07) is 14.8. The predicted octanol–water partition coefficient (Wildman–Crippen LogP) is 7.89. The minimum absolute atomic E-state index is 0.100. The Labute approximate surface area is 272 Å². The molecule has 1 saturated heterocycles. The summed E-state index contributed by atoms with van der Waals surface area (Å²) < 4.78 is 13.3. The first-order valence-corrected chi connectivity index (χ1v) is 16.4. The molecular weight excluding hydrogens is 597 g/mol. The Morgan fingerprint density at radius 1 is 0.955 bits per heavy atom. The van der Waals surface area contributed by atoms with Crippen molar-refractivity contribution in [3.05, 3.63) is 68.9 Å². The molecule has 1 unspecified atom stereocenters. The Morgan fingerprint density at radius 3 is 2.36 bits per heavy atom. The van der Waals surface area contributed by atoms with Gasteiger partial charge in [0.15, 0.2) is 6.73 Å². The summed E-state index contributed by atoms with van der Waals surface area (Å²) in [6.07, 6.45) is 2.83. The molecule has 4 rings (SSSR count). The number of hydrogen-bond acceptors (Lipinski definition) is 6. The van der Waals surface area contributed by atoms with Gasteiger partial charge in [0.25, 0.3) is 5.56 Å². The van der Waals surface area contributed by atoms with Gasteiger partial charge in [0.2, 0.25) is 0 Å². The molecule has 0 saturated carbocycles. The number of unbranched alkanes of at least 4 members (excludes halogenated alkanes) is 1. The first-order valence-electron chi connectivity index (χ1n) is 15.6. The Balaban J connectivity index is 1.27. The van der Waals surface area contributed by atoms with E-state index >= 15 is 0 Å². The molecule has 2 heterocycles. The lowest BCUT2D eigenvalue weighted by Crippen LogP contribution is -2.46. The quantitative estimate of drug-likeness (QED) is 0.148. The highest BCUT2D eigenvalue weighted by atomic mass is 35.5. The second-order valence-corrected chi connectivity index (χ2v) is 14.5. The maximum Gasteiger partial charge on any atom is 0.313 e. The number of fused-ring (bicyclic) bond motifs is 1. The van der Waals surface area contributed by atoms with Gasteiger partial charge < -0.3 is 14.4 Å². The van der Waals surface area contributed by atoms with E-state index in [1.165, 1.54) is 10.6 Å². The Kier molecular flexibility index (Phi) is 11.3. The van der Waals surface area contributed by atoms with Gasteiger partial charge in [0, 0.05) is 38.3 Å². The van der Waals surface area contributed by atoms with Gasteiger partial charge in [0.05, 0.1) is 33.3 Å². The van der Waals surface area contributed by atoms with Crippen molar-refractivity contribution in [1.82, 2.24) is 9.47 Å². The number of carbonyl (C=O) groups is 1. The standard InChI is InChI=1S/C35H47Cl2N3O4/c1-25(23-34(2,3)4)35(5,6)33(42)44-24-40-30-22-27(14-12-26(30)13-15-31(40)41)43-21-8-7-16-38-17-19-39(20-18-38)29-11-9-10-28(36)32(29)37/h9-15,22,25H,7-8,16-21,23-24H2,1-6H3. The fourth-order valence-corrected chi connectivity index (χ4v) is 6.17. The molecule has 0 spiro atoms. The maximum atomic E-state index is 13.1. The van der Waals surface area contributed by atoms with Crippen molar-refractivity contribution in [3.63, 3.8) is 0 Å². The van der Waals surface area contributed by atoms with Crippen molar-refractivity contribution < 1.29 is 14.3 Å². The normalized spacial score (nSPS) is 15.4. The average Bonchev–Trinajstić information content (AvgIpc) is 2.97. The zero-order chi connectivity index (χ0) is 32.1. The van der Waals surface area contributed by atoms with Crippen LogP contribution in [-0.4, -0.2) is 54.8 Å². The summed E-state index contributed by atoms with van der Waals surface area (Å²) in [5, 5.41) is 2.09. The van der Waals surface area contributed by atoms with Crippen LogP contribution in [0, 0.1) is 16.7 Å². The number of carbonyl (C=O) groups excluding carboxylic acids is 1. The molecule has 0 radical (unpaired) electrons. The number of nitrogens with zero attached hydrogens (tertiary/aromatic N) is 3. The van der Waals surface area contributed by atoms with Gasteiger partial charge in [-0.3, -0.25) is 19.1 Å². The van der Waals surface area contributed by atoms with Crippen molar-refractivity contribution in [3.8, 4) is 5.75 Å². The molecule has 0 bridgehead atoms. The second-order valence-electron chi connectivity index (χ2n) is 13.7. The number of hydrogen-bond donors (Lipinski definition) is 0. The number of anilines is 1. The van der Waals surface area contributed by atoms with Crippen LogP contribution in [0.1, 0.15) is 60.8 Å². The van der Waals surface area contributed by atoms with Crippen molar-refractivity contribution >= 4 is 45.8 Å². The molecule has 1 aromatic heterocycles. The fraction of sp³-hybridized carbons (Fsp3) is 0.543. The van der Waals surface area contributed by atoms with E-state index in [2.05, 4.69) is 37.5 Å².